The molecule has 0 saturated carbocycles. The van der Waals surface area contributed by atoms with E-state index in [1.165, 1.54) is 34.8 Å². The molecule has 0 radical (unpaired) electrons. The lowest BCUT2D eigenvalue weighted by Crippen LogP contribution is -2.46. The van der Waals surface area contributed by atoms with Crippen molar-refractivity contribution in [3.63, 3.8) is 0 Å². The summed E-state index contributed by atoms with van der Waals surface area (Å²) in [6.07, 6.45) is 8.72. The van der Waals surface area contributed by atoms with Crippen molar-refractivity contribution in [2.24, 2.45) is 10.9 Å². The number of fused-ring (bicyclic) bond motifs is 1. The van der Waals surface area contributed by atoms with Crippen molar-refractivity contribution in [1.29, 1.82) is 0 Å². The minimum atomic E-state index is -0.0461. The van der Waals surface area contributed by atoms with Crippen LogP contribution >= 0.6 is 11.3 Å². The van der Waals surface area contributed by atoms with Crippen LogP contribution in [-0.4, -0.2) is 54.6 Å². The van der Waals surface area contributed by atoms with E-state index in [4.69, 9.17) is 14.7 Å². The summed E-state index contributed by atoms with van der Waals surface area (Å²) in [6, 6.07) is 0. The average Bonchev–Trinajstić information content (AvgIpc) is 3.13. The van der Waals surface area contributed by atoms with Gasteiger partial charge in [-0.2, -0.15) is 0 Å². The molecule has 1 aliphatic carbocycles. The van der Waals surface area contributed by atoms with Gasteiger partial charge in [-0.3, -0.25) is 9.79 Å². The van der Waals surface area contributed by atoms with Crippen molar-refractivity contribution >= 4 is 23.3 Å². The molecule has 0 spiro atoms. The van der Waals surface area contributed by atoms with Crippen molar-refractivity contribution in [1.82, 2.24) is 15.2 Å². The molecule has 1 aromatic rings. The number of guanidine groups is 1. The van der Waals surface area contributed by atoms with E-state index in [0.717, 1.165) is 64.2 Å². The molecule has 7 heteroatoms. The fraction of sp³-hybridized carbons (Fsp3) is 0.762. The SMILES string of the molecule is CCNC(=NCCCc1nc2c(s1)CCCC2)N1CCC(C(=O)OCC)CC1. The number of aromatic nitrogens is 1. The lowest BCUT2D eigenvalue weighted by molar-refractivity contribution is -0.149. The molecule has 0 unspecified atom stereocenters. The van der Waals surface area contributed by atoms with Crippen LogP contribution in [0.2, 0.25) is 0 Å². The van der Waals surface area contributed by atoms with E-state index >= 15 is 0 Å². The highest BCUT2D eigenvalue weighted by atomic mass is 32.1. The predicted molar refractivity (Wildman–Crippen MR) is 114 cm³/mol. The summed E-state index contributed by atoms with van der Waals surface area (Å²) in [5.41, 5.74) is 1.35. The van der Waals surface area contributed by atoms with Gasteiger partial charge in [-0.05, 0) is 58.8 Å². The summed E-state index contributed by atoms with van der Waals surface area (Å²) in [4.78, 5) is 25.4. The third-order valence-corrected chi connectivity index (χ3v) is 6.67. The number of hydrogen-bond donors (Lipinski definition) is 1. The number of aliphatic imine (C=N–C) groups is 1. The van der Waals surface area contributed by atoms with Gasteiger partial charge in [0.25, 0.3) is 0 Å². The quantitative estimate of drug-likeness (QED) is 0.326. The Kier molecular flexibility index (Phi) is 8.13. The van der Waals surface area contributed by atoms with Crippen LogP contribution < -0.4 is 5.32 Å². The summed E-state index contributed by atoms with van der Waals surface area (Å²) >= 11 is 1.91. The summed E-state index contributed by atoms with van der Waals surface area (Å²) in [6.45, 7) is 7.80. The highest BCUT2D eigenvalue weighted by Gasteiger charge is 2.27. The molecule has 1 fully saturated rings. The van der Waals surface area contributed by atoms with Gasteiger partial charge in [0, 0.05) is 37.5 Å². The van der Waals surface area contributed by atoms with Crippen LogP contribution in [0.5, 0.6) is 0 Å². The number of rotatable bonds is 7. The number of esters is 1. The van der Waals surface area contributed by atoms with E-state index in [1.807, 2.05) is 18.3 Å². The van der Waals surface area contributed by atoms with Gasteiger partial charge in [-0.15, -0.1) is 11.3 Å². The molecule has 3 rings (SSSR count). The first-order valence-corrected chi connectivity index (χ1v) is 11.7. The summed E-state index contributed by atoms with van der Waals surface area (Å²) < 4.78 is 5.17. The van der Waals surface area contributed by atoms with E-state index in [-0.39, 0.29) is 11.9 Å². The van der Waals surface area contributed by atoms with E-state index in [1.54, 1.807) is 0 Å². The van der Waals surface area contributed by atoms with Crippen LogP contribution in [0.25, 0.3) is 0 Å². The summed E-state index contributed by atoms with van der Waals surface area (Å²) in [5.74, 6) is 0.966. The Labute approximate surface area is 172 Å². The van der Waals surface area contributed by atoms with Crippen LogP contribution in [0.4, 0.5) is 0 Å². The molecular weight excluding hydrogens is 372 g/mol. The number of thiazole rings is 1. The van der Waals surface area contributed by atoms with Crippen molar-refractivity contribution < 1.29 is 9.53 Å². The summed E-state index contributed by atoms with van der Waals surface area (Å²) in [5, 5.41) is 4.69. The smallest absolute Gasteiger partial charge is 0.309 e. The second-order valence-electron chi connectivity index (χ2n) is 7.54. The van der Waals surface area contributed by atoms with E-state index in [2.05, 4.69) is 17.1 Å². The minimum Gasteiger partial charge on any atom is -0.466 e. The normalized spacial score (nSPS) is 18.1. The van der Waals surface area contributed by atoms with Gasteiger partial charge in [0.05, 0.1) is 23.2 Å². The van der Waals surface area contributed by atoms with Gasteiger partial charge in [0.2, 0.25) is 0 Å². The molecule has 1 saturated heterocycles. The molecule has 0 aromatic carbocycles. The Morgan fingerprint density at radius 1 is 1.29 bits per heavy atom. The maximum Gasteiger partial charge on any atom is 0.309 e. The minimum absolute atomic E-state index is 0.0370. The van der Waals surface area contributed by atoms with Crippen molar-refractivity contribution in [3.05, 3.63) is 15.6 Å². The highest BCUT2D eigenvalue weighted by molar-refractivity contribution is 7.11. The number of piperidine rings is 1. The molecule has 1 aliphatic heterocycles. The van der Waals surface area contributed by atoms with Crippen molar-refractivity contribution in [3.8, 4) is 0 Å². The first-order chi connectivity index (χ1) is 13.7. The largest absolute Gasteiger partial charge is 0.466 e. The zero-order chi connectivity index (χ0) is 19.8. The molecule has 28 heavy (non-hydrogen) atoms. The fourth-order valence-electron chi connectivity index (χ4n) is 3.94. The number of nitrogens with zero attached hydrogens (tertiary/aromatic N) is 3. The number of carbonyl (C=O) groups is 1. The lowest BCUT2D eigenvalue weighted by Gasteiger charge is -2.33. The van der Waals surface area contributed by atoms with Gasteiger partial charge in [0.15, 0.2) is 5.96 Å². The summed E-state index contributed by atoms with van der Waals surface area (Å²) in [7, 11) is 0. The fourth-order valence-corrected chi connectivity index (χ4v) is 5.14. The molecule has 1 aromatic heterocycles. The second-order valence-corrected chi connectivity index (χ2v) is 8.71. The molecule has 2 heterocycles. The molecule has 2 aliphatic rings. The highest BCUT2D eigenvalue weighted by Crippen LogP contribution is 2.27. The maximum atomic E-state index is 11.9. The lowest BCUT2D eigenvalue weighted by atomic mass is 9.97. The number of carbonyl (C=O) groups excluding carboxylic acids is 1. The molecule has 0 amide bonds. The molecular formula is C21H34N4O2S. The number of aryl methyl sites for hydroxylation is 3. The standard InChI is InChI=1S/C21H34N4O2S/c1-3-22-21(25-14-11-16(12-15-25)20(26)27-4-2)23-13-7-10-19-24-17-8-5-6-9-18(17)28-19/h16H,3-15H2,1-2H3,(H,22,23). The van der Waals surface area contributed by atoms with Gasteiger partial charge in [0.1, 0.15) is 0 Å². The van der Waals surface area contributed by atoms with E-state index in [9.17, 15) is 4.79 Å². The third-order valence-electron chi connectivity index (χ3n) is 5.45. The zero-order valence-electron chi connectivity index (χ0n) is 17.3. The third kappa shape index (κ3) is 5.69. The molecule has 1 N–H and O–H groups in total. The number of likely N-dealkylation sites (tertiary alicyclic amines) is 1. The number of nitrogens with one attached hydrogen (secondary N) is 1. The Morgan fingerprint density at radius 3 is 2.79 bits per heavy atom. The predicted octanol–water partition coefficient (Wildman–Crippen LogP) is 3.20. The Morgan fingerprint density at radius 2 is 2.07 bits per heavy atom. The molecule has 0 atom stereocenters. The van der Waals surface area contributed by atoms with E-state index < -0.39 is 0 Å². The molecule has 0 bridgehead atoms. The number of ether oxygens (including phenoxy) is 1. The Balaban J connectivity index is 1.46. The van der Waals surface area contributed by atoms with Crippen LogP contribution in [0.15, 0.2) is 4.99 Å². The average molecular weight is 407 g/mol. The number of hydrogen-bond acceptors (Lipinski definition) is 5. The molecule has 156 valence electrons. The molecule has 6 nitrogen and oxygen atoms in total. The van der Waals surface area contributed by atoms with Gasteiger partial charge < -0.3 is 15.0 Å². The van der Waals surface area contributed by atoms with Crippen LogP contribution in [-0.2, 0) is 28.8 Å². The van der Waals surface area contributed by atoms with Crippen molar-refractivity contribution in [2.75, 3.05) is 32.8 Å². The van der Waals surface area contributed by atoms with Crippen molar-refractivity contribution in [2.45, 2.75) is 65.2 Å². The Hall–Kier alpha value is -1.63. The van der Waals surface area contributed by atoms with E-state index in [0.29, 0.717) is 6.61 Å². The second kappa shape index (κ2) is 10.8. The van der Waals surface area contributed by atoms with Gasteiger partial charge in [-0.1, -0.05) is 0 Å². The zero-order valence-corrected chi connectivity index (χ0v) is 18.2. The maximum absolute atomic E-state index is 11.9. The van der Waals surface area contributed by atoms with Gasteiger partial charge >= 0.3 is 5.97 Å². The van der Waals surface area contributed by atoms with Crippen LogP contribution in [0.1, 0.15) is 61.5 Å². The van der Waals surface area contributed by atoms with Crippen LogP contribution in [0.3, 0.4) is 0 Å². The monoisotopic (exact) mass is 406 g/mol. The van der Waals surface area contributed by atoms with Gasteiger partial charge in [-0.25, -0.2) is 4.98 Å². The first kappa shape index (κ1) is 21.1. The van der Waals surface area contributed by atoms with Crippen LogP contribution in [0, 0.1) is 5.92 Å². The topological polar surface area (TPSA) is 66.8 Å². The Bertz CT molecular complexity index is 642. The first-order valence-electron chi connectivity index (χ1n) is 10.9.